The summed E-state index contributed by atoms with van der Waals surface area (Å²) in [6, 6.07) is -0.619. The number of piperazine rings is 1. The van der Waals surface area contributed by atoms with Crippen LogP contribution in [0.1, 0.15) is 19.8 Å². The fraction of sp³-hybridized carbons (Fsp3) is 0.833. The lowest BCUT2D eigenvalue weighted by Crippen LogP contribution is -2.51. The van der Waals surface area contributed by atoms with E-state index in [0.717, 1.165) is 32.6 Å². The average Bonchev–Trinajstić information content (AvgIpc) is 2.34. The molecule has 0 spiro atoms. The van der Waals surface area contributed by atoms with Gasteiger partial charge in [0.15, 0.2) is 0 Å². The first-order chi connectivity index (χ1) is 8.54. The van der Waals surface area contributed by atoms with Crippen molar-refractivity contribution < 1.29 is 14.7 Å². The van der Waals surface area contributed by atoms with Crippen LogP contribution >= 0.6 is 0 Å². The zero-order chi connectivity index (χ0) is 13.5. The highest BCUT2D eigenvalue weighted by molar-refractivity contribution is 5.80. The summed E-state index contributed by atoms with van der Waals surface area (Å²) in [5, 5.41) is 11.8. The third-order valence-corrected chi connectivity index (χ3v) is 3.23. The lowest BCUT2D eigenvalue weighted by Gasteiger charge is -2.32. The Balaban J connectivity index is 2.33. The molecular weight excluding hydrogens is 234 g/mol. The smallest absolute Gasteiger partial charge is 0.320 e. The molecule has 1 heterocycles. The Morgan fingerprint density at radius 1 is 1.28 bits per heavy atom. The number of aliphatic carboxylic acids is 1. The van der Waals surface area contributed by atoms with E-state index in [0.29, 0.717) is 6.42 Å². The minimum absolute atomic E-state index is 0.00884. The molecule has 1 rings (SSSR count). The Labute approximate surface area is 108 Å². The van der Waals surface area contributed by atoms with Crippen LogP contribution in [0.4, 0.5) is 0 Å². The van der Waals surface area contributed by atoms with Gasteiger partial charge in [-0.25, -0.2) is 0 Å². The number of rotatable bonds is 6. The first-order valence-corrected chi connectivity index (χ1v) is 6.47. The number of nitrogens with zero attached hydrogens (tertiary/aromatic N) is 2. The first kappa shape index (κ1) is 14.9. The topological polar surface area (TPSA) is 72.9 Å². The Kier molecular flexibility index (Phi) is 6.07. The molecule has 1 unspecified atom stereocenters. The van der Waals surface area contributed by atoms with E-state index < -0.39 is 12.0 Å². The molecule has 0 aliphatic carbocycles. The first-order valence-electron chi connectivity index (χ1n) is 6.47. The number of hydrogen-bond donors (Lipinski definition) is 2. The second-order valence-corrected chi connectivity index (χ2v) is 4.74. The molecule has 6 heteroatoms. The second kappa shape index (κ2) is 7.33. The fourth-order valence-electron chi connectivity index (χ4n) is 1.98. The summed E-state index contributed by atoms with van der Waals surface area (Å²) in [5.74, 6) is -0.895. The van der Waals surface area contributed by atoms with E-state index in [1.807, 2.05) is 14.0 Å². The van der Waals surface area contributed by atoms with Gasteiger partial charge in [0.25, 0.3) is 0 Å². The van der Waals surface area contributed by atoms with Gasteiger partial charge in [0, 0.05) is 26.2 Å². The summed E-state index contributed by atoms with van der Waals surface area (Å²) in [6.07, 6.45) is 1.33. The van der Waals surface area contributed by atoms with E-state index in [-0.39, 0.29) is 12.5 Å². The minimum Gasteiger partial charge on any atom is -0.480 e. The summed E-state index contributed by atoms with van der Waals surface area (Å²) in [5.41, 5.74) is 0. The predicted octanol–water partition coefficient (Wildman–Crippen LogP) is -0.397. The molecule has 0 aromatic heterocycles. The molecule has 1 amide bonds. The van der Waals surface area contributed by atoms with Gasteiger partial charge < -0.3 is 14.9 Å². The molecule has 18 heavy (non-hydrogen) atoms. The van der Waals surface area contributed by atoms with E-state index >= 15 is 0 Å². The number of likely N-dealkylation sites (N-methyl/N-ethyl adjacent to an activating group) is 1. The van der Waals surface area contributed by atoms with Crippen LogP contribution in [0.15, 0.2) is 0 Å². The Hall–Kier alpha value is -1.14. The summed E-state index contributed by atoms with van der Waals surface area (Å²) >= 11 is 0. The number of carbonyl (C=O) groups excluding carboxylic acids is 1. The van der Waals surface area contributed by atoms with Crippen LogP contribution in [0.5, 0.6) is 0 Å². The van der Waals surface area contributed by atoms with Crippen LogP contribution < -0.4 is 5.32 Å². The largest absolute Gasteiger partial charge is 0.480 e. The van der Waals surface area contributed by atoms with Crippen molar-refractivity contribution >= 4 is 11.9 Å². The monoisotopic (exact) mass is 257 g/mol. The highest BCUT2D eigenvalue weighted by Gasteiger charge is 2.21. The van der Waals surface area contributed by atoms with Crippen molar-refractivity contribution in [3.8, 4) is 0 Å². The van der Waals surface area contributed by atoms with Gasteiger partial charge in [-0.15, -0.1) is 0 Å². The van der Waals surface area contributed by atoms with Gasteiger partial charge in [-0.05, 0) is 13.5 Å². The summed E-state index contributed by atoms with van der Waals surface area (Å²) in [4.78, 5) is 26.8. The number of hydrogen-bond acceptors (Lipinski definition) is 4. The third kappa shape index (κ3) is 4.62. The standard InChI is InChI=1S/C12H23N3O3/c1-3-4-10(12(17)18)13-9-11(16)15-7-5-14(2)6-8-15/h10,13H,3-9H2,1-2H3,(H,17,18). The number of carboxylic acids is 1. The molecule has 1 fully saturated rings. The number of nitrogens with one attached hydrogen (secondary N) is 1. The number of amides is 1. The van der Waals surface area contributed by atoms with Crippen LogP contribution in [0.3, 0.4) is 0 Å². The zero-order valence-electron chi connectivity index (χ0n) is 11.2. The number of carbonyl (C=O) groups is 2. The van der Waals surface area contributed by atoms with Gasteiger partial charge in [0.1, 0.15) is 6.04 Å². The highest BCUT2D eigenvalue weighted by Crippen LogP contribution is 2.00. The molecule has 1 aliphatic rings. The van der Waals surface area contributed by atoms with E-state index in [9.17, 15) is 9.59 Å². The molecule has 0 radical (unpaired) electrons. The molecule has 6 nitrogen and oxygen atoms in total. The highest BCUT2D eigenvalue weighted by atomic mass is 16.4. The lowest BCUT2D eigenvalue weighted by atomic mass is 10.1. The Morgan fingerprint density at radius 3 is 2.39 bits per heavy atom. The third-order valence-electron chi connectivity index (χ3n) is 3.23. The van der Waals surface area contributed by atoms with Crippen LogP contribution in [0.2, 0.25) is 0 Å². The van der Waals surface area contributed by atoms with Crippen molar-refractivity contribution in [1.82, 2.24) is 15.1 Å². The SMILES string of the molecule is CCCC(NCC(=O)N1CCN(C)CC1)C(=O)O. The molecule has 0 aromatic rings. The average molecular weight is 257 g/mol. The molecule has 0 saturated carbocycles. The Morgan fingerprint density at radius 2 is 1.89 bits per heavy atom. The van der Waals surface area contributed by atoms with Crippen molar-refractivity contribution in [3.05, 3.63) is 0 Å². The van der Waals surface area contributed by atoms with Gasteiger partial charge in [-0.3, -0.25) is 14.9 Å². The maximum atomic E-state index is 11.9. The molecule has 1 aliphatic heterocycles. The summed E-state index contributed by atoms with van der Waals surface area (Å²) in [7, 11) is 2.03. The van der Waals surface area contributed by atoms with Crippen LogP contribution in [0.25, 0.3) is 0 Å². The van der Waals surface area contributed by atoms with Gasteiger partial charge >= 0.3 is 5.97 Å². The lowest BCUT2D eigenvalue weighted by molar-refractivity contribution is -0.140. The van der Waals surface area contributed by atoms with Crippen molar-refractivity contribution in [2.24, 2.45) is 0 Å². The molecule has 0 aromatic carbocycles. The minimum atomic E-state index is -0.886. The van der Waals surface area contributed by atoms with E-state index in [1.165, 1.54) is 0 Å². The van der Waals surface area contributed by atoms with Crippen molar-refractivity contribution in [2.75, 3.05) is 39.8 Å². The quantitative estimate of drug-likeness (QED) is 0.677. The molecule has 2 N–H and O–H groups in total. The van der Waals surface area contributed by atoms with Crippen molar-refractivity contribution in [1.29, 1.82) is 0 Å². The second-order valence-electron chi connectivity index (χ2n) is 4.74. The molecule has 104 valence electrons. The Bertz CT molecular complexity index is 288. The van der Waals surface area contributed by atoms with Crippen LogP contribution in [0, 0.1) is 0 Å². The molecule has 1 saturated heterocycles. The van der Waals surface area contributed by atoms with Gasteiger partial charge in [0.2, 0.25) is 5.91 Å². The maximum Gasteiger partial charge on any atom is 0.320 e. The van der Waals surface area contributed by atoms with Crippen molar-refractivity contribution in [3.63, 3.8) is 0 Å². The maximum absolute atomic E-state index is 11.9. The van der Waals surface area contributed by atoms with Crippen LogP contribution in [-0.2, 0) is 9.59 Å². The van der Waals surface area contributed by atoms with Crippen LogP contribution in [-0.4, -0.2) is 72.6 Å². The summed E-state index contributed by atoms with van der Waals surface area (Å²) in [6.45, 7) is 5.25. The zero-order valence-corrected chi connectivity index (χ0v) is 11.2. The normalized spacial score (nSPS) is 18.7. The van der Waals surface area contributed by atoms with E-state index in [2.05, 4.69) is 10.2 Å². The molecule has 1 atom stereocenters. The van der Waals surface area contributed by atoms with Gasteiger partial charge in [-0.2, -0.15) is 0 Å². The molecular formula is C12H23N3O3. The van der Waals surface area contributed by atoms with Crippen molar-refractivity contribution in [2.45, 2.75) is 25.8 Å². The summed E-state index contributed by atoms with van der Waals surface area (Å²) < 4.78 is 0. The van der Waals surface area contributed by atoms with E-state index in [4.69, 9.17) is 5.11 Å². The van der Waals surface area contributed by atoms with Gasteiger partial charge in [-0.1, -0.05) is 13.3 Å². The van der Waals surface area contributed by atoms with Gasteiger partial charge in [0.05, 0.1) is 6.54 Å². The predicted molar refractivity (Wildman–Crippen MR) is 68.4 cm³/mol. The molecule has 0 bridgehead atoms. The number of carboxylic acid groups (broad SMARTS) is 1. The van der Waals surface area contributed by atoms with E-state index in [1.54, 1.807) is 4.90 Å². The fourth-order valence-corrected chi connectivity index (χ4v) is 1.98.